The quantitative estimate of drug-likeness (QED) is 0.600. The lowest BCUT2D eigenvalue weighted by Crippen LogP contribution is -2.77. The lowest BCUT2D eigenvalue weighted by atomic mass is 9.39. The molecule has 0 spiro atoms. The molecule has 1 amide bonds. The molecule has 4 aliphatic rings. The maximum atomic E-state index is 13.4. The Bertz CT molecular complexity index is 1070. The standard InChI is InChI=1S/C21H21ClF4N4O3/c1-11(21(24,25)26)30-5-12(6-30)17-28-29-18(33-17)19-8-20(9-19,10-19)27-16(31)7-32-13-2-3-14(22)15(23)4-13/h2-4,11-12H,5-10H2,1H3,(H,27,31). The van der Waals surface area contributed by atoms with Crippen LogP contribution >= 0.6 is 11.6 Å². The lowest BCUT2D eigenvalue weighted by Gasteiger charge is -2.68. The highest BCUT2D eigenvalue weighted by Crippen LogP contribution is 2.67. The van der Waals surface area contributed by atoms with Gasteiger partial charge in [0.1, 0.15) is 17.6 Å². The highest BCUT2D eigenvalue weighted by atomic mass is 35.5. The number of ether oxygens (including phenoxy) is 1. The molecular weight excluding hydrogens is 468 g/mol. The number of hydrogen-bond acceptors (Lipinski definition) is 6. The van der Waals surface area contributed by atoms with E-state index in [2.05, 4.69) is 15.5 Å². The summed E-state index contributed by atoms with van der Waals surface area (Å²) in [4.78, 5) is 13.6. The van der Waals surface area contributed by atoms with Crippen LogP contribution < -0.4 is 10.1 Å². The third-order valence-electron chi connectivity index (χ3n) is 6.87. The van der Waals surface area contributed by atoms with E-state index in [1.54, 1.807) is 0 Å². The summed E-state index contributed by atoms with van der Waals surface area (Å²) >= 11 is 5.62. The van der Waals surface area contributed by atoms with Gasteiger partial charge in [-0.05, 0) is 38.3 Å². The molecule has 3 aliphatic carbocycles. The van der Waals surface area contributed by atoms with Crippen LogP contribution in [0, 0.1) is 5.82 Å². The normalized spacial score (nSPS) is 27.8. The van der Waals surface area contributed by atoms with Crippen molar-refractivity contribution in [3.05, 3.63) is 40.8 Å². The van der Waals surface area contributed by atoms with Crippen molar-refractivity contribution < 1.29 is 31.5 Å². The largest absolute Gasteiger partial charge is 0.484 e. The Hall–Kier alpha value is -2.40. The van der Waals surface area contributed by atoms with Crippen molar-refractivity contribution in [2.45, 2.75) is 55.3 Å². The Kier molecular flexibility index (Phi) is 5.13. The van der Waals surface area contributed by atoms with Crippen LogP contribution in [0.1, 0.15) is 43.9 Å². The molecule has 2 aromatic rings. The van der Waals surface area contributed by atoms with Gasteiger partial charge in [0.15, 0.2) is 6.61 Å². The molecule has 1 unspecified atom stereocenters. The van der Waals surface area contributed by atoms with Crippen molar-refractivity contribution >= 4 is 17.5 Å². The summed E-state index contributed by atoms with van der Waals surface area (Å²) in [5.74, 6) is -0.103. The Morgan fingerprint density at radius 1 is 1.33 bits per heavy atom. The van der Waals surface area contributed by atoms with Gasteiger partial charge >= 0.3 is 6.18 Å². The van der Waals surface area contributed by atoms with Gasteiger partial charge in [0, 0.05) is 24.7 Å². The molecule has 1 saturated heterocycles. The average Bonchev–Trinajstić information content (AvgIpc) is 3.11. The molecule has 2 bridgehead atoms. The number of aromatic nitrogens is 2. The molecule has 6 rings (SSSR count). The number of nitrogens with zero attached hydrogens (tertiary/aromatic N) is 3. The van der Waals surface area contributed by atoms with Gasteiger partial charge in [-0.3, -0.25) is 9.69 Å². The smallest absolute Gasteiger partial charge is 0.403 e. The summed E-state index contributed by atoms with van der Waals surface area (Å²) < 4.78 is 63.0. The molecular formula is C21H21ClF4N4O3. The second-order valence-electron chi connectivity index (χ2n) is 9.32. The molecule has 12 heteroatoms. The van der Waals surface area contributed by atoms with E-state index < -0.39 is 18.0 Å². The number of amides is 1. The second-order valence-corrected chi connectivity index (χ2v) is 9.72. The topological polar surface area (TPSA) is 80.5 Å². The highest BCUT2D eigenvalue weighted by Gasteiger charge is 2.72. The number of nitrogens with one attached hydrogen (secondary N) is 1. The molecule has 1 atom stereocenters. The predicted octanol–water partition coefficient (Wildman–Crippen LogP) is 3.58. The van der Waals surface area contributed by atoms with E-state index in [0.29, 0.717) is 31.0 Å². The first-order chi connectivity index (χ1) is 15.5. The summed E-state index contributed by atoms with van der Waals surface area (Å²) in [5.41, 5.74) is -0.642. The van der Waals surface area contributed by atoms with Crippen LogP contribution in [-0.2, 0) is 10.2 Å². The van der Waals surface area contributed by atoms with Gasteiger partial charge in [-0.2, -0.15) is 13.2 Å². The van der Waals surface area contributed by atoms with Crippen LogP contribution in [0.3, 0.4) is 0 Å². The fraction of sp³-hybridized carbons (Fsp3) is 0.571. The molecule has 33 heavy (non-hydrogen) atoms. The maximum absolute atomic E-state index is 13.4. The minimum absolute atomic E-state index is 0.0272. The van der Waals surface area contributed by atoms with Gasteiger partial charge in [0.05, 0.1) is 16.4 Å². The zero-order valence-corrected chi connectivity index (χ0v) is 18.3. The summed E-state index contributed by atoms with van der Waals surface area (Å²) in [6.07, 6.45) is -2.33. The number of likely N-dealkylation sites (tertiary alicyclic amines) is 1. The van der Waals surface area contributed by atoms with Gasteiger partial charge < -0.3 is 14.5 Å². The molecule has 178 valence electrons. The fourth-order valence-corrected chi connectivity index (χ4v) is 5.12. The zero-order chi connectivity index (χ0) is 23.6. The van der Waals surface area contributed by atoms with Crippen molar-refractivity contribution in [2.24, 2.45) is 0 Å². The van der Waals surface area contributed by atoms with Crippen LogP contribution in [-0.4, -0.2) is 58.5 Å². The molecule has 7 nitrogen and oxygen atoms in total. The van der Waals surface area contributed by atoms with Crippen molar-refractivity contribution in [1.82, 2.24) is 20.4 Å². The van der Waals surface area contributed by atoms with E-state index in [1.807, 2.05) is 0 Å². The Morgan fingerprint density at radius 3 is 2.67 bits per heavy atom. The predicted molar refractivity (Wildman–Crippen MR) is 107 cm³/mol. The molecule has 1 N–H and O–H groups in total. The molecule has 0 radical (unpaired) electrons. The molecule has 1 aromatic carbocycles. The second kappa shape index (κ2) is 7.56. The van der Waals surface area contributed by atoms with Gasteiger partial charge in [-0.15, -0.1) is 10.2 Å². The number of benzene rings is 1. The van der Waals surface area contributed by atoms with E-state index in [4.69, 9.17) is 20.8 Å². The monoisotopic (exact) mass is 488 g/mol. The number of alkyl halides is 3. The summed E-state index contributed by atoms with van der Waals surface area (Å²) in [7, 11) is 0. The van der Waals surface area contributed by atoms with E-state index >= 15 is 0 Å². The Labute approximate surface area is 191 Å². The number of carbonyl (C=O) groups excluding carboxylic acids is 1. The van der Waals surface area contributed by atoms with Crippen molar-refractivity contribution in [1.29, 1.82) is 0 Å². The van der Waals surface area contributed by atoms with Crippen molar-refractivity contribution in [2.75, 3.05) is 19.7 Å². The van der Waals surface area contributed by atoms with Crippen LogP contribution in [0.2, 0.25) is 5.02 Å². The lowest BCUT2D eigenvalue weighted by molar-refractivity contribution is -0.190. The minimum atomic E-state index is -4.26. The van der Waals surface area contributed by atoms with Crippen molar-refractivity contribution in [3.63, 3.8) is 0 Å². The number of halogens is 5. The third kappa shape index (κ3) is 3.95. The number of hydrogen-bond donors (Lipinski definition) is 1. The Balaban J connectivity index is 1.09. The summed E-state index contributed by atoms with van der Waals surface area (Å²) in [6, 6.07) is 2.45. The molecule has 1 aromatic heterocycles. The Morgan fingerprint density at radius 2 is 2.03 bits per heavy atom. The minimum Gasteiger partial charge on any atom is -0.484 e. The van der Waals surface area contributed by atoms with Crippen molar-refractivity contribution in [3.8, 4) is 5.75 Å². The van der Waals surface area contributed by atoms with Gasteiger partial charge in [-0.25, -0.2) is 4.39 Å². The zero-order valence-electron chi connectivity index (χ0n) is 17.6. The first-order valence-corrected chi connectivity index (χ1v) is 10.9. The van der Waals surface area contributed by atoms with Gasteiger partial charge in [0.25, 0.3) is 5.91 Å². The summed E-state index contributed by atoms with van der Waals surface area (Å²) in [5, 5.41) is 11.1. The maximum Gasteiger partial charge on any atom is 0.403 e. The number of rotatable bonds is 7. The van der Waals surface area contributed by atoms with Gasteiger partial charge in [0.2, 0.25) is 11.8 Å². The SMILES string of the molecule is CC(N1CC(c2nnc(C34CC(NC(=O)COc5ccc(Cl)c(F)c5)(C3)C4)o2)C1)C(F)(F)F. The molecule has 3 saturated carbocycles. The van der Waals surface area contributed by atoms with Crippen LogP contribution in [0.5, 0.6) is 5.75 Å². The van der Waals surface area contributed by atoms with E-state index in [0.717, 1.165) is 13.0 Å². The first-order valence-electron chi connectivity index (χ1n) is 10.5. The highest BCUT2D eigenvalue weighted by molar-refractivity contribution is 6.30. The van der Waals surface area contributed by atoms with Crippen LogP contribution in [0.15, 0.2) is 22.6 Å². The number of carbonyl (C=O) groups is 1. The summed E-state index contributed by atoms with van der Waals surface area (Å²) in [6.45, 7) is 1.35. The third-order valence-corrected chi connectivity index (χ3v) is 7.18. The van der Waals surface area contributed by atoms with E-state index in [1.165, 1.54) is 17.0 Å². The van der Waals surface area contributed by atoms with Crippen LogP contribution in [0.4, 0.5) is 17.6 Å². The van der Waals surface area contributed by atoms with Crippen LogP contribution in [0.25, 0.3) is 0 Å². The molecule has 4 fully saturated rings. The molecule has 1 aliphatic heterocycles. The molecule has 2 heterocycles. The van der Waals surface area contributed by atoms with E-state index in [-0.39, 0.29) is 53.2 Å². The fourth-order valence-electron chi connectivity index (χ4n) is 5.00. The van der Waals surface area contributed by atoms with E-state index in [9.17, 15) is 22.4 Å². The first kappa shape index (κ1) is 22.4. The average molecular weight is 489 g/mol. The van der Waals surface area contributed by atoms with Gasteiger partial charge in [-0.1, -0.05) is 11.6 Å².